The van der Waals surface area contributed by atoms with Gasteiger partial charge in [-0.05, 0) is 95.5 Å². The molecule has 7 nitrogen and oxygen atoms in total. The number of amides is 2. The van der Waals surface area contributed by atoms with Crippen molar-refractivity contribution in [1.82, 2.24) is 10.2 Å². The topological polar surface area (TPSA) is 99.1 Å². The predicted octanol–water partition coefficient (Wildman–Crippen LogP) is 5.37. The molecule has 2 amide bonds. The van der Waals surface area contributed by atoms with Gasteiger partial charge in [-0.2, -0.15) is 0 Å². The molecule has 2 aromatic rings. The molecule has 220 valence electrons. The van der Waals surface area contributed by atoms with Gasteiger partial charge in [0.15, 0.2) is 0 Å². The predicted molar refractivity (Wildman–Crippen MR) is 167 cm³/mol. The minimum absolute atomic E-state index is 0.0530. The van der Waals surface area contributed by atoms with E-state index in [4.69, 9.17) is 27.9 Å². The lowest BCUT2D eigenvalue weighted by Gasteiger charge is -2.41. The minimum Gasteiger partial charge on any atom is -0.482 e. The van der Waals surface area contributed by atoms with Gasteiger partial charge in [-0.25, -0.2) is 0 Å². The normalized spacial score (nSPS) is 26.9. The van der Waals surface area contributed by atoms with Gasteiger partial charge in [-0.1, -0.05) is 47.8 Å². The molecular formula is C31H35Cl2IN2O5. The number of aliphatic hydroxyl groups excluding tert-OH is 2. The molecule has 2 saturated carbocycles. The molecular weight excluding hydrogens is 678 g/mol. The van der Waals surface area contributed by atoms with Gasteiger partial charge < -0.3 is 25.2 Å². The van der Waals surface area contributed by atoms with Crippen LogP contribution >= 0.6 is 45.8 Å². The Labute approximate surface area is 264 Å². The summed E-state index contributed by atoms with van der Waals surface area (Å²) in [6, 6.07) is 12.0. The van der Waals surface area contributed by atoms with Crippen molar-refractivity contribution in [3.8, 4) is 5.75 Å². The van der Waals surface area contributed by atoms with Gasteiger partial charge >= 0.3 is 0 Å². The van der Waals surface area contributed by atoms with Gasteiger partial charge in [0.25, 0.3) is 0 Å². The van der Waals surface area contributed by atoms with E-state index in [-0.39, 0.29) is 37.9 Å². The Balaban J connectivity index is 1.46. The lowest BCUT2D eigenvalue weighted by molar-refractivity contribution is -0.141. The van der Waals surface area contributed by atoms with Crippen molar-refractivity contribution in [2.24, 2.45) is 17.8 Å². The van der Waals surface area contributed by atoms with E-state index in [0.717, 1.165) is 15.6 Å². The Bertz CT molecular complexity index is 1310. The van der Waals surface area contributed by atoms with Crippen LogP contribution in [-0.2, 0) is 16.1 Å². The van der Waals surface area contributed by atoms with Gasteiger partial charge in [-0.3, -0.25) is 9.59 Å². The third-order valence-corrected chi connectivity index (χ3v) is 10.3. The average molecular weight is 713 g/mol. The van der Waals surface area contributed by atoms with E-state index in [0.29, 0.717) is 45.5 Å². The van der Waals surface area contributed by atoms with Crippen molar-refractivity contribution in [2.75, 3.05) is 13.2 Å². The minimum atomic E-state index is -1.09. The van der Waals surface area contributed by atoms with E-state index in [1.165, 1.54) is 19.3 Å². The summed E-state index contributed by atoms with van der Waals surface area (Å²) < 4.78 is 7.12. The Morgan fingerprint density at radius 2 is 1.90 bits per heavy atom. The summed E-state index contributed by atoms with van der Waals surface area (Å²) in [5.74, 6) is 1.78. The zero-order chi connectivity index (χ0) is 29.1. The lowest BCUT2D eigenvalue weighted by atomic mass is 9.84. The first-order chi connectivity index (χ1) is 19.7. The molecule has 6 atom stereocenters. The van der Waals surface area contributed by atoms with Crippen LogP contribution in [0.25, 0.3) is 0 Å². The molecule has 0 radical (unpaired) electrons. The SMILES string of the molecule is O=C(NCCO)C1=C[C@H](Oc2ccccc2I)[C@@H](O)[C@H](N(Cc2ccc(Cl)c(Cl)c2)C(=O)CC2CC3CCC2C3)C1. The summed E-state index contributed by atoms with van der Waals surface area (Å²) in [4.78, 5) is 28.9. The van der Waals surface area contributed by atoms with Crippen LogP contribution in [0.1, 0.15) is 44.1 Å². The Hall–Kier alpha value is -1.85. The molecule has 0 saturated heterocycles. The number of rotatable bonds is 10. The maximum absolute atomic E-state index is 14.1. The molecule has 0 aromatic heterocycles. The van der Waals surface area contributed by atoms with Crippen LogP contribution in [0.4, 0.5) is 0 Å². The number of carbonyl (C=O) groups is 2. The fraction of sp³-hybridized carbons (Fsp3) is 0.484. The van der Waals surface area contributed by atoms with E-state index in [1.807, 2.05) is 30.3 Å². The first kappa shape index (κ1) is 30.6. The highest BCUT2D eigenvalue weighted by molar-refractivity contribution is 14.1. The first-order valence-corrected chi connectivity index (χ1v) is 16.0. The number of halogens is 3. The summed E-state index contributed by atoms with van der Waals surface area (Å²) in [5.41, 5.74) is 1.18. The number of fused-ring (bicyclic) bond motifs is 2. The molecule has 0 aliphatic heterocycles. The lowest BCUT2D eigenvalue weighted by Crippen LogP contribution is -2.55. The number of ether oxygens (including phenoxy) is 1. The summed E-state index contributed by atoms with van der Waals surface area (Å²) in [6.45, 7) is 0.111. The highest BCUT2D eigenvalue weighted by atomic mass is 127. The maximum atomic E-state index is 14.1. The quantitative estimate of drug-likeness (QED) is 0.288. The van der Waals surface area contributed by atoms with Crippen LogP contribution in [-0.4, -0.2) is 58.3 Å². The molecule has 2 fully saturated rings. The number of carbonyl (C=O) groups excluding carboxylic acids is 2. The van der Waals surface area contributed by atoms with Crippen LogP contribution in [0.15, 0.2) is 54.1 Å². The van der Waals surface area contributed by atoms with Crippen LogP contribution in [0.2, 0.25) is 10.0 Å². The summed E-state index contributed by atoms with van der Waals surface area (Å²) >= 11 is 14.7. The molecule has 3 aliphatic carbocycles. The fourth-order valence-corrected chi connectivity index (χ4v) is 7.49. The van der Waals surface area contributed by atoms with Gasteiger partial charge in [0.2, 0.25) is 11.8 Å². The van der Waals surface area contributed by atoms with Crippen molar-refractivity contribution < 1.29 is 24.5 Å². The summed E-state index contributed by atoms with van der Waals surface area (Å²) in [5, 5.41) is 24.5. The molecule has 5 rings (SSSR count). The van der Waals surface area contributed by atoms with Crippen molar-refractivity contribution in [3.05, 3.63) is 73.3 Å². The molecule has 3 aliphatic rings. The standard InChI is InChI=1S/C31H35Cl2IN2O5/c32-23-8-6-19(13-24(23)33)17-36(29(38)16-21-12-18-5-7-20(21)11-18)26-14-22(31(40)35-9-10-37)15-28(30(26)39)41-27-4-2-1-3-25(27)34/h1-4,6,8,13,15,18,20-21,26,28,30,37,39H,5,7,9-12,14,16-17H2,(H,35,40)/t18?,20?,21?,26-,28+,30+/m1/s1. The van der Waals surface area contributed by atoms with Crippen LogP contribution < -0.4 is 10.1 Å². The fourth-order valence-electron chi connectivity index (χ4n) is 6.66. The average Bonchev–Trinajstić information content (AvgIpc) is 3.58. The van der Waals surface area contributed by atoms with Crippen molar-refractivity contribution >= 4 is 57.6 Å². The second-order valence-electron chi connectivity index (χ2n) is 11.4. The Morgan fingerprint density at radius 3 is 2.59 bits per heavy atom. The number of benzene rings is 2. The van der Waals surface area contributed by atoms with Gasteiger partial charge in [-0.15, -0.1) is 0 Å². The molecule has 0 heterocycles. The number of hydrogen-bond acceptors (Lipinski definition) is 5. The largest absolute Gasteiger partial charge is 0.482 e. The van der Waals surface area contributed by atoms with E-state index in [2.05, 4.69) is 27.9 Å². The van der Waals surface area contributed by atoms with Gasteiger partial charge in [0, 0.05) is 31.5 Å². The molecule has 10 heteroatoms. The number of nitrogens with zero attached hydrogens (tertiary/aromatic N) is 1. The van der Waals surface area contributed by atoms with Gasteiger partial charge in [0.05, 0.1) is 26.3 Å². The molecule has 3 N–H and O–H groups in total. The zero-order valence-corrected chi connectivity index (χ0v) is 26.3. The monoisotopic (exact) mass is 712 g/mol. The van der Waals surface area contributed by atoms with Crippen molar-refractivity contribution in [3.63, 3.8) is 0 Å². The Kier molecular flexibility index (Phi) is 10.2. The molecule has 3 unspecified atom stereocenters. The van der Waals surface area contributed by atoms with Crippen molar-refractivity contribution in [2.45, 2.75) is 63.3 Å². The number of hydrogen-bond donors (Lipinski definition) is 3. The highest BCUT2D eigenvalue weighted by Crippen LogP contribution is 2.50. The maximum Gasteiger partial charge on any atom is 0.247 e. The Morgan fingerprint density at radius 1 is 1.10 bits per heavy atom. The van der Waals surface area contributed by atoms with E-state index in [9.17, 15) is 19.8 Å². The molecule has 2 bridgehead atoms. The molecule has 2 aromatic carbocycles. The highest BCUT2D eigenvalue weighted by Gasteiger charge is 2.44. The second kappa shape index (κ2) is 13.6. The smallest absolute Gasteiger partial charge is 0.247 e. The zero-order valence-electron chi connectivity index (χ0n) is 22.6. The molecule has 0 spiro atoms. The van der Waals surface area contributed by atoms with Crippen LogP contribution in [0.3, 0.4) is 0 Å². The second-order valence-corrected chi connectivity index (χ2v) is 13.3. The van der Waals surface area contributed by atoms with E-state index >= 15 is 0 Å². The number of para-hydroxylation sites is 1. The summed E-state index contributed by atoms with van der Waals surface area (Å²) in [7, 11) is 0. The van der Waals surface area contributed by atoms with Gasteiger partial charge in [0.1, 0.15) is 18.0 Å². The van der Waals surface area contributed by atoms with Crippen LogP contribution in [0, 0.1) is 21.3 Å². The first-order valence-electron chi connectivity index (χ1n) is 14.2. The van der Waals surface area contributed by atoms with E-state index < -0.39 is 18.2 Å². The third kappa shape index (κ3) is 7.21. The van der Waals surface area contributed by atoms with Crippen molar-refractivity contribution in [1.29, 1.82) is 0 Å². The van der Waals surface area contributed by atoms with Crippen LogP contribution in [0.5, 0.6) is 5.75 Å². The summed E-state index contributed by atoms with van der Waals surface area (Å²) in [6.07, 6.45) is 4.91. The van der Waals surface area contributed by atoms with E-state index in [1.54, 1.807) is 23.1 Å². The number of aliphatic hydroxyl groups is 2. The number of nitrogens with one attached hydrogen (secondary N) is 1. The third-order valence-electron chi connectivity index (χ3n) is 8.69. The molecule has 41 heavy (non-hydrogen) atoms.